The van der Waals surface area contributed by atoms with Gasteiger partial charge in [-0.2, -0.15) is 0 Å². The van der Waals surface area contributed by atoms with Gasteiger partial charge < -0.3 is 4.52 Å². The fourth-order valence-electron chi connectivity index (χ4n) is 1.80. The van der Waals surface area contributed by atoms with E-state index in [0.717, 1.165) is 17.0 Å². The molecule has 0 spiro atoms. The van der Waals surface area contributed by atoms with Gasteiger partial charge in [-0.1, -0.05) is 50.2 Å². The van der Waals surface area contributed by atoms with E-state index in [1.165, 1.54) is 5.56 Å². The number of benzene rings is 1. The maximum atomic E-state index is 5.67. The highest BCUT2D eigenvalue weighted by atomic mass is 35.5. The molecule has 0 atom stereocenters. The second-order valence-electron chi connectivity index (χ2n) is 5.44. The van der Waals surface area contributed by atoms with Crippen LogP contribution in [0.15, 0.2) is 34.9 Å². The number of rotatable bonds is 3. The topological polar surface area (TPSA) is 26.0 Å². The number of halogens is 1. The average Bonchev–Trinajstić information content (AvgIpc) is 2.77. The molecule has 0 unspecified atom stereocenters. The minimum Gasteiger partial charge on any atom is -0.361 e. The van der Waals surface area contributed by atoms with Crippen LogP contribution in [0.25, 0.3) is 11.3 Å². The van der Waals surface area contributed by atoms with Gasteiger partial charge >= 0.3 is 0 Å². The van der Waals surface area contributed by atoms with Gasteiger partial charge in [-0.25, -0.2) is 0 Å². The predicted octanol–water partition coefficient (Wildman–Crippen LogP) is 4.42. The van der Waals surface area contributed by atoms with Crippen LogP contribution in [-0.2, 0) is 11.8 Å². The molecule has 0 radical (unpaired) electrons. The van der Waals surface area contributed by atoms with Crippen LogP contribution in [0.3, 0.4) is 0 Å². The highest BCUT2D eigenvalue weighted by Gasteiger charge is 2.13. The van der Waals surface area contributed by atoms with Gasteiger partial charge in [-0.15, -0.1) is 11.6 Å². The van der Waals surface area contributed by atoms with E-state index in [0.29, 0.717) is 12.3 Å². The standard InChI is InChI=1S/C15H18ClNO/c1-15(2,3)12-6-4-11(5-7-12)14-10-13(8-9-16)18-17-14/h4-7,10H,8-9H2,1-3H3. The van der Waals surface area contributed by atoms with E-state index < -0.39 is 0 Å². The Labute approximate surface area is 113 Å². The lowest BCUT2D eigenvalue weighted by atomic mass is 9.86. The molecule has 0 fully saturated rings. The molecule has 3 heteroatoms. The van der Waals surface area contributed by atoms with Crippen LogP contribution in [0, 0.1) is 0 Å². The molecule has 18 heavy (non-hydrogen) atoms. The number of aryl methyl sites for hydroxylation is 1. The molecular weight excluding hydrogens is 246 g/mol. The summed E-state index contributed by atoms with van der Waals surface area (Å²) < 4.78 is 5.22. The highest BCUT2D eigenvalue weighted by molar-refractivity contribution is 6.17. The maximum Gasteiger partial charge on any atom is 0.138 e. The molecule has 0 saturated heterocycles. The molecule has 0 aliphatic carbocycles. The third kappa shape index (κ3) is 2.94. The summed E-state index contributed by atoms with van der Waals surface area (Å²) in [7, 11) is 0. The molecule has 1 aromatic heterocycles. The van der Waals surface area contributed by atoms with Gasteiger partial charge in [0, 0.05) is 23.9 Å². The van der Waals surface area contributed by atoms with Crippen molar-refractivity contribution in [1.82, 2.24) is 5.16 Å². The molecule has 2 nitrogen and oxygen atoms in total. The third-order valence-electron chi connectivity index (χ3n) is 2.95. The highest BCUT2D eigenvalue weighted by Crippen LogP contribution is 2.26. The molecule has 96 valence electrons. The van der Waals surface area contributed by atoms with E-state index in [2.05, 4.69) is 50.2 Å². The van der Waals surface area contributed by atoms with Crippen molar-refractivity contribution in [1.29, 1.82) is 0 Å². The van der Waals surface area contributed by atoms with Gasteiger partial charge in [-0.05, 0) is 11.0 Å². The molecule has 2 rings (SSSR count). The molecule has 2 aromatic rings. The molecule has 0 saturated carbocycles. The SMILES string of the molecule is CC(C)(C)c1ccc(-c2cc(CCCl)on2)cc1. The van der Waals surface area contributed by atoms with Crippen LogP contribution < -0.4 is 0 Å². The minimum absolute atomic E-state index is 0.173. The van der Waals surface area contributed by atoms with Crippen molar-refractivity contribution in [3.63, 3.8) is 0 Å². The lowest BCUT2D eigenvalue weighted by Crippen LogP contribution is -2.10. The van der Waals surface area contributed by atoms with Gasteiger partial charge in [0.25, 0.3) is 0 Å². The van der Waals surface area contributed by atoms with Gasteiger partial charge in [0.05, 0.1) is 0 Å². The number of aromatic nitrogens is 1. The second kappa shape index (κ2) is 5.15. The largest absolute Gasteiger partial charge is 0.361 e. The fraction of sp³-hybridized carbons (Fsp3) is 0.400. The minimum atomic E-state index is 0.173. The van der Waals surface area contributed by atoms with Crippen molar-refractivity contribution >= 4 is 11.6 Å². The van der Waals surface area contributed by atoms with Crippen molar-refractivity contribution in [2.24, 2.45) is 0 Å². The normalized spacial score (nSPS) is 11.8. The Morgan fingerprint density at radius 1 is 1.17 bits per heavy atom. The van der Waals surface area contributed by atoms with Crippen LogP contribution in [0.5, 0.6) is 0 Å². The Morgan fingerprint density at radius 3 is 2.39 bits per heavy atom. The Bertz CT molecular complexity index is 508. The first kappa shape index (κ1) is 13.2. The van der Waals surface area contributed by atoms with Gasteiger partial charge in [0.1, 0.15) is 11.5 Å². The van der Waals surface area contributed by atoms with E-state index in [1.807, 2.05) is 6.07 Å². The predicted molar refractivity (Wildman–Crippen MR) is 75.1 cm³/mol. The molecule has 0 aliphatic rings. The number of hydrogen-bond acceptors (Lipinski definition) is 2. The van der Waals surface area contributed by atoms with Crippen LogP contribution in [0.2, 0.25) is 0 Å². The Hall–Kier alpha value is -1.28. The summed E-state index contributed by atoms with van der Waals surface area (Å²) >= 11 is 5.67. The molecule has 0 amide bonds. The summed E-state index contributed by atoms with van der Waals surface area (Å²) in [5.41, 5.74) is 3.44. The maximum absolute atomic E-state index is 5.67. The number of nitrogens with zero attached hydrogens (tertiary/aromatic N) is 1. The first-order valence-corrected chi connectivity index (χ1v) is 6.66. The van der Waals surface area contributed by atoms with Crippen molar-refractivity contribution in [2.75, 3.05) is 5.88 Å². The number of alkyl halides is 1. The molecule has 1 heterocycles. The lowest BCUT2D eigenvalue weighted by molar-refractivity contribution is 0.389. The van der Waals surface area contributed by atoms with E-state index in [1.54, 1.807) is 0 Å². The van der Waals surface area contributed by atoms with Crippen LogP contribution >= 0.6 is 11.6 Å². The third-order valence-corrected chi connectivity index (χ3v) is 3.14. The molecule has 0 bridgehead atoms. The zero-order valence-electron chi connectivity index (χ0n) is 11.0. The van der Waals surface area contributed by atoms with E-state index in [-0.39, 0.29) is 5.41 Å². The average molecular weight is 264 g/mol. The monoisotopic (exact) mass is 263 g/mol. The molecular formula is C15H18ClNO. The summed E-state index contributed by atoms with van der Waals surface area (Å²) in [6, 6.07) is 10.4. The summed E-state index contributed by atoms with van der Waals surface area (Å²) in [6.45, 7) is 6.62. The first-order chi connectivity index (χ1) is 8.50. The van der Waals surface area contributed by atoms with Crippen molar-refractivity contribution < 1.29 is 4.52 Å². The molecule has 0 aliphatic heterocycles. The number of hydrogen-bond donors (Lipinski definition) is 0. The zero-order valence-corrected chi connectivity index (χ0v) is 11.8. The van der Waals surface area contributed by atoms with Gasteiger partial charge in [-0.3, -0.25) is 0 Å². The molecule has 0 N–H and O–H groups in total. The quantitative estimate of drug-likeness (QED) is 0.766. The van der Waals surface area contributed by atoms with Crippen molar-refractivity contribution in [3.8, 4) is 11.3 Å². The summed E-state index contributed by atoms with van der Waals surface area (Å²) in [6.07, 6.45) is 0.717. The second-order valence-corrected chi connectivity index (χ2v) is 5.82. The van der Waals surface area contributed by atoms with Crippen molar-refractivity contribution in [3.05, 3.63) is 41.7 Å². The zero-order chi connectivity index (χ0) is 13.2. The van der Waals surface area contributed by atoms with Gasteiger partial charge in [0.2, 0.25) is 0 Å². The Kier molecular flexibility index (Phi) is 3.76. The van der Waals surface area contributed by atoms with Crippen molar-refractivity contribution in [2.45, 2.75) is 32.6 Å². The summed E-state index contributed by atoms with van der Waals surface area (Å²) in [4.78, 5) is 0. The lowest BCUT2D eigenvalue weighted by Gasteiger charge is -2.18. The summed E-state index contributed by atoms with van der Waals surface area (Å²) in [5.74, 6) is 1.39. The Balaban J connectivity index is 2.23. The summed E-state index contributed by atoms with van der Waals surface area (Å²) in [5, 5.41) is 4.06. The van der Waals surface area contributed by atoms with Gasteiger partial charge in [0.15, 0.2) is 0 Å². The van der Waals surface area contributed by atoms with Crippen LogP contribution in [0.4, 0.5) is 0 Å². The Morgan fingerprint density at radius 2 is 1.83 bits per heavy atom. The van der Waals surface area contributed by atoms with Crippen LogP contribution in [-0.4, -0.2) is 11.0 Å². The van der Waals surface area contributed by atoms with E-state index in [9.17, 15) is 0 Å². The smallest absolute Gasteiger partial charge is 0.138 e. The first-order valence-electron chi connectivity index (χ1n) is 6.13. The molecule has 1 aromatic carbocycles. The van der Waals surface area contributed by atoms with E-state index >= 15 is 0 Å². The fourth-order valence-corrected chi connectivity index (χ4v) is 1.99. The van der Waals surface area contributed by atoms with Crippen LogP contribution in [0.1, 0.15) is 32.1 Å². The van der Waals surface area contributed by atoms with E-state index in [4.69, 9.17) is 16.1 Å².